The second-order valence-corrected chi connectivity index (χ2v) is 28.8. The zero-order chi connectivity index (χ0) is 35.5. The van der Waals surface area contributed by atoms with Gasteiger partial charge in [-0.25, -0.2) is 16.8 Å². The van der Waals surface area contributed by atoms with E-state index in [-0.39, 0.29) is 11.5 Å². The van der Waals surface area contributed by atoms with Crippen LogP contribution in [0.4, 0.5) is 0 Å². The van der Waals surface area contributed by atoms with E-state index in [1.807, 2.05) is 0 Å². The fourth-order valence-electron chi connectivity index (χ4n) is 11.3. The zero-order valence-electron chi connectivity index (χ0n) is 31.0. The minimum Gasteiger partial charge on any atom is -0.748 e. The highest BCUT2D eigenvalue weighted by Gasteiger charge is 2.54. The van der Waals surface area contributed by atoms with Gasteiger partial charge in [0.2, 0.25) is 0 Å². The van der Waals surface area contributed by atoms with Crippen molar-refractivity contribution in [1.82, 2.24) is 0 Å². The number of hydrogen-bond acceptors (Lipinski definition) is 6. The van der Waals surface area contributed by atoms with Crippen molar-refractivity contribution < 1.29 is 25.9 Å². The van der Waals surface area contributed by atoms with Gasteiger partial charge in [-0.2, -0.15) is 0 Å². The lowest BCUT2D eigenvalue weighted by atomic mass is 9.99. The van der Waals surface area contributed by atoms with Crippen LogP contribution in [-0.2, 0) is 32.6 Å². The summed E-state index contributed by atoms with van der Waals surface area (Å²) in [5.41, 5.74) is 6.13. The predicted molar refractivity (Wildman–Crippen MR) is 213 cm³/mol. The van der Waals surface area contributed by atoms with Gasteiger partial charge < -0.3 is 9.11 Å². The standard InChI is InChI=1S/C40H68O6P2S2/c41-49(42,43)31-17-15-29-47(37-21-5-1-6-22-37,38-23-7-2-8-24-38)33-35-19-13-14-20-36(35)34-48(39-25-9-3-10-26-39,40-27-11-4-12-28-40)30-16-18-32-50(44,45)46/h13-14,19-20,37-40H,1-12,15-18,21-34H2. The van der Waals surface area contributed by atoms with Gasteiger partial charge in [-0.1, -0.05) is 49.9 Å². The van der Waals surface area contributed by atoms with Gasteiger partial charge in [0, 0.05) is 26.0 Å². The van der Waals surface area contributed by atoms with Crippen molar-refractivity contribution in [2.75, 3.05) is 23.8 Å². The molecule has 286 valence electrons. The first-order valence-corrected chi connectivity index (χ1v) is 28.4. The molecule has 4 saturated carbocycles. The topological polar surface area (TPSA) is 114 Å². The van der Waals surface area contributed by atoms with E-state index in [0.29, 0.717) is 12.8 Å². The molecule has 0 unspecified atom stereocenters. The molecule has 0 N–H and O–H groups in total. The molecule has 4 aliphatic rings. The third-order valence-electron chi connectivity index (χ3n) is 13.7. The van der Waals surface area contributed by atoms with Crippen LogP contribution in [0.3, 0.4) is 0 Å². The van der Waals surface area contributed by atoms with Crippen molar-refractivity contribution in [3.8, 4) is 0 Å². The van der Waals surface area contributed by atoms with E-state index in [2.05, 4.69) is 24.3 Å². The van der Waals surface area contributed by atoms with Crippen LogP contribution >= 0.6 is 14.5 Å². The van der Waals surface area contributed by atoms with E-state index in [9.17, 15) is 25.9 Å². The molecule has 50 heavy (non-hydrogen) atoms. The summed E-state index contributed by atoms with van der Waals surface area (Å²) >= 11 is 0. The summed E-state index contributed by atoms with van der Waals surface area (Å²) < 4.78 is 69.9. The van der Waals surface area contributed by atoms with Crippen LogP contribution in [0.1, 0.15) is 165 Å². The van der Waals surface area contributed by atoms with Crippen LogP contribution in [0.25, 0.3) is 0 Å². The van der Waals surface area contributed by atoms with E-state index in [1.165, 1.54) is 141 Å². The third-order valence-corrected chi connectivity index (χ3v) is 27.3. The molecule has 0 spiro atoms. The second kappa shape index (κ2) is 19.5. The molecule has 0 aliphatic heterocycles. The van der Waals surface area contributed by atoms with Crippen molar-refractivity contribution in [2.24, 2.45) is 0 Å². The molecule has 5 rings (SSSR count). The molecule has 4 fully saturated rings. The molecule has 0 aromatic heterocycles. The molecular weight excluding hydrogens is 703 g/mol. The Balaban J connectivity index is 1.52. The first-order valence-electron chi connectivity index (χ1n) is 20.7. The van der Waals surface area contributed by atoms with E-state index in [1.54, 1.807) is 11.1 Å². The summed E-state index contributed by atoms with van der Waals surface area (Å²) in [5, 5.41) is 0. The molecule has 6 nitrogen and oxygen atoms in total. The highest BCUT2D eigenvalue weighted by atomic mass is 32.2. The van der Waals surface area contributed by atoms with Gasteiger partial charge in [-0.05, 0) is 140 Å². The smallest absolute Gasteiger partial charge is 0.0945 e. The normalized spacial score (nSPS) is 21.8. The van der Waals surface area contributed by atoms with Gasteiger partial charge in [0.25, 0.3) is 0 Å². The van der Waals surface area contributed by atoms with Crippen LogP contribution in [0.15, 0.2) is 24.3 Å². The van der Waals surface area contributed by atoms with Crippen LogP contribution in [0, 0.1) is 0 Å². The fraction of sp³-hybridized carbons (Fsp3) is 0.850. The SMILES string of the molecule is O=S(=O)([O-])CCCC[P+](Cc1ccccc1C[P+](CCCCS(=O)(=O)[O-])(C1CCCCC1)C1CCCCC1)(C1CCCCC1)C1CCCCC1. The van der Waals surface area contributed by atoms with Crippen LogP contribution in [-0.4, -0.2) is 72.4 Å². The van der Waals surface area contributed by atoms with E-state index in [4.69, 9.17) is 0 Å². The molecule has 0 atom stereocenters. The Labute approximate surface area is 307 Å². The van der Waals surface area contributed by atoms with Crippen molar-refractivity contribution in [3.05, 3.63) is 35.4 Å². The summed E-state index contributed by atoms with van der Waals surface area (Å²) in [4.78, 5) is 0. The molecule has 0 bridgehead atoms. The maximum atomic E-state index is 11.6. The summed E-state index contributed by atoms with van der Waals surface area (Å²) in [5.74, 6) is -0.468. The molecule has 0 heterocycles. The summed E-state index contributed by atoms with van der Waals surface area (Å²) in [7, 11) is -11.5. The number of unbranched alkanes of at least 4 members (excludes halogenated alkanes) is 2. The largest absolute Gasteiger partial charge is 0.748 e. The molecule has 0 saturated heterocycles. The summed E-state index contributed by atoms with van der Waals surface area (Å²) in [6.45, 7) is 0. The maximum Gasteiger partial charge on any atom is 0.0945 e. The number of rotatable bonds is 18. The minimum absolute atomic E-state index is 0.234. The van der Waals surface area contributed by atoms with Crippen molar-refractivity contribution in [1.29, 1.82) is 0 Å². The minimum atomic E-state index is -4.20. The van der Waals surface area contributed by atoms with Gasteiger partial charge in [-0.3, -0.25) is 0 Å². The van der Waals surface area contributed by atoms with Gasteiger partial charge in [-0.15, -0.1) is 0 Å². The molecule has 1 aromatic carbocycles. The fourth-order valence-corrected chi connectivity index (χ4v) is 25.5. The Kier molecular flexibility index (Phi) is 16.0. The lowest BCUT2D eigenvalue weighted by molar-refractivity contribution is 0.458. The first kappa shape index (κ1) is 41.1. The lowest BCUT2D eigenvalue weighted by Crippen LogP contribution is -2.32. The van der Waals surface area contributed by atoms with Crippen LogP contribution in [0.2, 0.25) is 0 Å². The summed E-state index contributed by atoms with van der Waals surface area (Å²) in [6, 6.07) is 9.44. The van der Waals surface area contributed by atoms with Crippen molar-refractivity contribution >= 4 is 34.8 Å². The van der Waals surface area contributed by atoms with E-state index >= 15 is 0 Å². The van der Waals surface area contributed by atoms with Gasteiger partial charge in [0.1, 0.15) is 0 Å². The van der Waals surface area contributed by atoms with Crippen molar-refractivity contribution in [3.63, 3.8) is 0 Å². The van der Waals surface area contributed by atoms with E-state index in [0.717, 1.165) is 47.8 Å². The second-order valence-electron chi connectivity index (χ2n) is 16.8. The molecule has 0 radical (unpaired) electrons. The Hall–Kier alpha value is -0.100. The quantitative estimate of drug-likeness (QED) is 0.0834. The number of hydrogen-bond donors (Lipinski definition) is 0. The first-order chi connectivity index (χ1) is 24.0. The molecule has 1 aromatic rings. The lowest BCUT2D eigenvalue weighted by Gasteiger charge is -2.45. The predicted octanol–water partition coefficient (Wildman–Crippen LogP) is 10.7. The third kappa shape index (κ3) is 11.7. The Morgan fingerprint density at radius 2 is 0.740 bits per heavy atom. The van der Waals surface area contributed by atoms with Gasteiger partial charge in [0.15, 0.2) is 0 Å². The molecular formula is C40H68O6P2S2. The molecule has 4 aliphatic carbocycles. The average molecular weight is 771 g/mol. The van der Waals surface area contributed by atoms with E-state index < -0.39 is 34.8 Å². The molecule has 10 heteroatoms. The Bertz CT molecular complexity index is 1230. The Morgan fingerprint density at radius 1 is 0.460 bits per heavy atom. The van der Waals surface area contributed by atoms with Crippen molar-refractivity contribution in [2.45, 2.75) is 189 Å². The van der Waals surface area contributed by atoms with Gasteiger partial charge in [0.05, 0.1) is 67.5 Å². The zero-order valence-corrected chi connectivity index (χ0v) is 34.4. The average Bonchev–Trinajstić information content (AvgIpc) is 3.12. The number of benzene rings is 1. The highest BCUT2D eigenvalue weighted by molar-refractivity contribution is 7.85. The Morgan fingerprint density at radius 3 is 1.00 bits per heavy atom. The highest BCUT2D eigenvalue weighted by Crippen LogP contribution is 2.77. The van der Waals surface area contributed by atoms with Crippen LogP contribution in [0.5, 0.6) is 0 Å². The molecule has 0 amide bonds. The monoisotopic (exact) mass is 770 g/mol. The van der Waals surface area contributed by atoms with Gasteiger partial charge >= 0.3 is 0 Å². The van der Waals surface area contributed by atoms with Crippen LogP contribution < -0.4 is 0 Å². The maximum absolute atomic E-state index is 11.6. The summed E-state index contributed by atoms with van der Waals surface area (Å²) in [6.07, 6.45) is 33.6.